The summed E-state index contributed by atoms with van der Waals surface area (Å²) < 4.78 is 0. The van der Waals surface area contributed by atoms with Crippen LogP contribution in [-0.4, -0.2) is 11.7 Å². The van der Waals surface area contributed by atoms with Gasteiger partial charge in [0, 0.05) is 6.61 Å². The lowest BCUT2D eigenvalue weighted by Crippen LogP contribution is -1.79. The SMILES string of the molecule is CC.Cc1cccc(/C=C/CCCO)c1. The average molecular weight is 206 g/mol. The maximum atomic E-state index is 8.57. The van der Waals surface area contributed by atoms with E-state index in [0.717, 1.165) is 12.8 Å². The summed E-state index contributed by atoms with van der Waals surface area (Å²) in [4.78, 5) is 0. The Bertz CT molecular complexity index is 276. The predicted octanol–water partition coefficient (Wildman–Crippen LogP) is 3.81. The number of hydrogen-bond donors (Lipinski definition) is 1. The lowest BCUT2D eigenvalue weighted by molar-refractivity contribution is 0.290. The zero-order valence-electron chi connectivity index (χ0n) is 10.0. The number of unbranched alkanes of at least 4 members (excludes halogenated alkanes) is 1. The minimum Gasteiger partial charge on any atom is -0.396 e. The van der Waals surface area contributed by atoms with Crippen molar-refractivity contribution in [2.75, 3.05) is 6.61 Å². The molecule has 0 saturated carbocycles. The Labute approximate surface area is 93.5 Å². The van der Waals surface area contributed by atoms with Gasteiger partial charge in [0.05, 0.1) is 0 Å². The molecule has 15 heavy (non-hydrogen) atoms. The van der Waals surface area contributed by atoms with E-state index in [1.165, 1.54) is 11.1 Å². The fourth-order valence-corrected chi connectivity index (χ4v) is 1.20. The van der Waals surface area contributed by atoms with Gasteiger partial charge in [-0.1, -0.05) is 55.8 Å². The van der Waals surface area contributed by atoms with Crippen LogP contribution in [0.1, 0.15) is 37.8 Å². The molecule has 0 saturated heterocycles. The van der Waals surface area contributed by atoms with Gasteiger partial charge in [-0.25, -0.2) is 0 Å². The second-order valence-electron chi connectivity index (χ2n) is 3.18. The van der Waals surface area contributed by atoms with Gasteiger partial charge in [-0.15, -0.1) is 0 Å². The summed E-state index contributed by atoms with van der Waals surface area (Å²) >= 11 is 0. The van der Waals surface area contributed by atoms with Gasteiger partial charge < -0.3 is 5.11 Å². The Balaban J connectivity index is 0.000000921. The van der Waals surface area contributed by atoms with E-state index in [-0.39, 0.29) is 6.61 Å². The molecule has 0 bridgehead atoms. The highest BCUT2D eigenvalue weighted by Crippen LogP contribution is 2.06. The van der Waals surface area contributed by atoms with Crippen LogP contribution in [0.15, 0.2) is 30.3 Å². The highest BCUT2D eigenvalue weighted by molar-refractivity contribution is 5.49. The third kappa shape index (κ3) is 6.92. The molecule has 0 atom stereocenters. The number of hydrogen-bond acceptors (Lipinski definition) is 1. The third-order valence-electron chi connectivity index (χ3n) is 1.88. The number of rotatable bonds is 4. The molecule has 0 aromatic heterocycles. The fraction of sp³-hybridized carbons (Fsp3) is 0.429. The van der Waals surface area contributed by atoms with Crippen molar-refractivity contribution in [1.82, 2.24) is 0 Å². The molecule has 0 amide bonds. The van der Waals surface area contributed by atoms with Gasteiger partial charge in [-0.3, -0.25) is 0 Å². The molecule has 1 rings (SSSR count). The molecule has 1 heteroatoms. The van der Waals surface area contributed by atoms with Crippen LogP contribution in [0.25, 0.3) is 6.08 Å². The maximum absolute atomic E-state index is 8.57. The second kappa shape index (κ2) is 9.47. The number of benzene rings is 1. The Hall–Kier alpha value is -1.08. The Morgan fingerprint density at radius 2 is 2.00 bits per heavy atom. The first-order valence-corrected chi connectivity index (χ1v) is 5.67. The topological polar surface area (TPSA) is 20.2 Å². The summed E-state index contributed by atoms with van der Waals surface area (Å²) in [5.74, 6) is 0. The van der Waals surface area contributed by atoms with Gasteiger partial charge in [-0.2, -0.15) is 0 Å². The van der Waals surface area contributed by atoms with Crippen LogP contribution in [0.4, 0.5) is 0 Å². The summed E-state index contributed by atoms with van der Waals surface area (Å²) in [5.41, 5.74) is 2.52. The van der Waals surface area contributed by atoms with E-state index in [1.54, 1.807) is 0 Å². The second-order valence-corrected chi connectivity index (χ2v) is 3.18. The van der Waals surface area contributed by atoms with Crippen molar-refractivity contribution in [1.29, 1.82) is 0 Å². The van der Waals surface area contributed by atoms with E-state index in [9.17, 15) is 0 Å². The monoisotopic (exact) mass is 206 g/mol. The molecule has 1 aromatic carbocycles. The van der Waals surface area contributed by atoms with Crippen molar-refractivity contribution < 1.29 is 5.11 Å². The van der Waals surface area contributed by atoms with E-state index >= 15 is 0 Å². The van der Waals surface area contributed by atoms with Gasteiger partial charge in [0.15, 0.2) is 0 Å². The van der Waals surface area contributed by atoms with E-state index in [0.29, 0.717) is 0 Å². The van der Waals surface area contributed by atoms with Crippen LogP contribution in [-0.2, 0) is 0 Å². The molecule has 0 aliphatic carbocycles. The van der Waals surface area contributed by atoms with Crippen molar-refractivity contribution in [3.8, 4) is 0 Å². The van der Waals surface area contributed by atoms with Crippen molar-refractivity contribution in [3.05, 3.63) is 41.5 Å². The van der Waals surface area contributed by atoms with E-state index in [1.807, 2.05) is 13.8 Å². The van der Waals surface area contributed by atoms with Crippen LogP contribution in [0.5, 0.6) is 0 Å². The summed E-state index contributed by atoms with van der Waals surface area (Å²) in [6.07, 6.45) is 6.00. The van der Waals surface area contributed by atoms with E-state index < -0.39 is 0 Å². The Morgan fingerprint density at radius 3 is 2.60 bits per heavy atom. The number of allylic oxidation sites excluding steroid dienone is 1. The van der Waals surface area contributed by atoms with Crippen LogP contribution < -0.4 is 0 Å². The lowest BCUT2D eigenvalue weighted by atomic mass is 10.1. The molecule has 0 fully saturated rings. The predicted molar refractivity (Wildman–Crippen MR) is 67.9 cm³/mol. The van der Waals surface area contributed by atoms with E-state index in [2.05, 4.69) is 43.3 Å². The van der Waals surface area contributed by atoms with Crippen LogP contribution in [0.2, 0.25) is 0 Å². The molecular formula is C14H22O. The van der Waals surface area contributed by atoms with Crippen LogP contribution in [0, 0.1) is 6.92 Å². The molecule has 1 nitrogen and oxygen atoms in total. The van der Waals surface area contributed by atoms with Gasteiger partial charge in [0.25, 0.3) is 0 Å². The molecule has 0 aliphatic rings. The van der Waals surface area contributed by atoms with Crippen LogP contribution in [0.3, 0.4) is 0 Å². The molecule has 0 heterocycles. The highest BCUT2D eigenvalue weighted by Gasteiger charge is 1.86. The Kier molecular flexibility index (Phi) is 8.79. The summed E-state index contributed by atoms with van der Waals surface area (Å²) in [6.45, 7) is 6.36. The van der Waals surface area contributed by atoms with Crippen LogP contribution >= 0.6 is 0 Å². The minimum atomic E-state index is 0.276. The zero-order chi connectivity index (χ0) is 11.5. The quantitative estimate of drug-likeness (QED) is 0.743. The standard InChI is InChI=1S/C12H16O.C2H6/c1-11-6-5-8-12(10-11)7-3-2-4-9-13;1-2/h3,5-8,10,13H,2,4,9H2,1H3;1-2H3/b7-3+;. The number of aryl methyl sites for hydroxylation is 1. The average Bonchev–Trinajstić information content (AvgIpc) is 2.27. The molecule has 0 aliphatic heterocycles. The summed E-state index contributed by atoms with van der Waals surface area (Å²) in [6, 6.07) is 8.38. The van der Waals surface area contributed by atoms with Crippen molar-refractivity contribution in [3.63, 3.8) is 0 Å². The zero-order valence-corrected chi connectivity index (χ0v) is 10.0. The van der Waals surface area contributed by atoms with Gasteiger partial charge in [0.2, 0.25) is 0 Å². The highest BCUT2D eigenvalue weighted by atomic mass is 16.2. The normalized spacial score (nSPS) is 9.87. The van der Waals surface area contributed by atoms with Crippen molar-refractivity contribution >= 4 is 6.08 Å². The molecule has 0 radical (unpaired) electrons. The summed E-state index contributed by atoms with van der Waals surface area (Å²) in [7, 11) is 0. The molecule has 0 spiro atoms. The van der Waals surface area contributed by atoms with E-state index in [4.69, 9.17) is 5.11 Å². The van der Waals surface area contributed by atoms with Gasteiger partial charge in [-0.05, 0) is 25.3 Å². The maximum Gasteiger partial charge on any atom is 0.0433 e. The van der Waals surface area contributed by atoms with Gasteiger partial charge in [0.1, 0.15) is 0 Å². The molecule has 1 N–H and O–H groups in total. The lowest BCUT2D eigenvalue weighted by Gasteiger charge is -1.95. The molecular weight excluding hydrogens is 184 g/mol. The Morgan fingerprint density at radius 1 is 1.27 bits per heavy atom. The first kappa shape index (κ1) is 13.9. The number of aliphatic hydroxyl groups is 1. The third-order valence-corrected chi connectivity index (χ3v) is 1.88. The number of aliphatic hydroxyl groups excluding tert-OH is 1. The minimum absolute atomic E-state index is 0.276. The first-order chi connectivity index (χ1) is 7.33. The van der Waals surface area contributed by atoms with Crippen molar-refractivity contribution in [2.24, 2.45) is 0 Å². The first-order valence-electron chi connectivity index (χ1n) is 5.67. The largest absolute Gasteiger partial charge is 0.396 e. The molecule has 1 aromatic rings. The summed E-state index contributed by atoms with van der Waals surface area (Å²) in [5, 5.41) is 8.57. The molecule has 0 unspecified atom stereocenters. The molecule has 84 valence electrons. The van der Waals surface area contributed by atoms with Crippen molar-refractivity contribution in [2.45, 2.75) is 33.6 Å². The fourth-order valence-electron chi connectivity index (χ4n) is 1.20. The van der Waals surface area contributed by atoms with Gasteiger partial charge >= 0.3 is 0 Å². The smallest absolute Gasteiger partial charge is 0.0433 e.